The fourth-order valence-electron chi connectivity index (χ4n) is 2.50. The third-order valence-corrected chi connectivity index (χ3v) is 4.69. The molecule has 1 aliphatic rings. The fourth-order valence-corrected chi connectivity index (χ4v) is 3.07. The van der Waals surface area contributed by atoms with E-state index in [0.29, 0.717) is 16.7 Å². The second-order valence-corrected chi connectivity index (χ2v) is 7.23. The van der Waals surface area contributed by atoms with Gasteiger partial charge in [0.1, 0.15) is 5.70 Å². The van der Waals surface area contributed by atoms with E-state index < -0.39 is 0 Å². The average molecular weight is 401 g/mol. The fraction of sp³-hybridized carbons (Fsp3) is 0.158. The van der Waals surface area contributed by atoms with E-state index in [4.69, 9.17) is 12.2 Å². The van der Waals surface area contributed by atoms with Gasteiger partial charge in [0.05, 0.1) is 5.69 Å². The summed E-state index contributed by atoms with van der Waals surface area (Å²) < 4.78 is 0.956. The first-order valence-corrected chi connectivity index (χ1v) is 8.88. The molecule has 122 valence electrons. The summed E-state index contributed by atoms with van der Waals surface area (Å²) in [6.45, 7) is 4.31. The molecule has 1 saturated heterocycles. The summed E-state index contributed by atoms with van der Waals surface area (Å²) in [5, 5.41) is 3.41. The molecular formula is C19H17BrN2OS. The van der Waals surface area contributed by atoms with Crippen molar-refractivity contribution in [3.05, 3.63) is 69.8 Å². The zero-order valence-electron chi connectivity index (χ0n) is 13.4. The van der Waals surface area contributed by atoms with Crippen LogP contribution in [0, 0.1) is 0 Å². The molecule has 1 heterocycles. The molecule has 2 aromatic carbocycles. The number of hydrogen-bond donors (Lipinski definition) is 1. The molecule has 3 rings (SSSR count). The molecule has 2 aromatic rings. The number of nitrogens with zero attached hydrogens (tertiary/aromatic N) is 1. The van der Waals surface area contributed by atoms with Crippen molar-refractivity contribution in [1.82, 2.24) is 5.32 Å². The zero-order chi connectivity index (χ0) is 17.3. The lowest BCUT2D eigenvalue weighted by Crippen LogP contribution is -2.30. The van der Waals surface area contributed by atoms with Crippen molar-refractivity contribution in [1.29, 1.82) is 0 Å². The van der Waals surface area contributed by atoms with Crippen molar-refractivity contribution >= 4 is 50.9 Å². The maximum atomic E-state index is 12.7. The summed E-state index contributed by atoms with van der Waals surface area (Å²) >= 11 is 8.72. The largest absolute Gasteiger partial charge is 0.327 e. The Morgan fingerprint density at radius 2 is 1.71 bits per heavy atom. The van der Waals surface area contributed by atoms with E-state index in [1.165, 1.54) is 10.5 Å². The molecule has 1 aliphatic heterocycles. The van der Waals surface area contributed by atoms with Gasteiger partial charge in [-0.1, -0.05) is 54.0 Å². The zero-order valence-corrected chi connectivity index (χ0v) is 15.8. The summed E-state index contributed by atoms with van der Waals surface area (Å²) in [4.78, 5) is 14.2. The number of rotatable bonds is 3. The number of hydrogen-bond acceptors (Lipinski definition) is 2. The first-order valence-electron chi connectivity index (χ1n) is 7.68. The smallest absolute Gasteiger partial charge is 0.281 e. The predicted octanol–water partition coefficient (Wildman–Crippen LogP) is 4.83. The van der Waals surface area contributed by atoms with E-state index in [-0.39, 0.29) is 5.91 Å². The van der Waals surface area contributed by atoms with Crippen LogP contribution in [-0.4, -0.2) is 11.0 Å². The molecule has 0 spiro atoms. The highest BCUT2D eigenvalue weighted by Gasteiger charge is 2.31. The monoisotopic (exact) mass is 400 g/mol. The molecular weight excluding hydrogens is 384 g/mol. The lowest BCUT2D eigenvalue weighted by Gasteiger charge is -2.13. The van der Waals surface area contributed by atoms with Crippen LogP contribution in [0.2, 0.25) is 0 Å². The number of nitrogens with one attached hydrogen (secondary N) is 1. The van der Waals surface area contributed by atoms with Crippen LogP contribution in [0.25, 0.3) is 6.08 Å². The van der Waals surface area contributed by atoms with Gasteiger partial charge in [-0.05, 0) is 59.6 Å². The molecule has 1 fully saturated rings. The average Bonchev–Trinajstić information content (AvgIpc) is 2.83. The van der Waals surface area contributed by atoms with Gasteiger partial charge < -0.3 is 5.32 Å². The molecule has 0 bridgehead atoms. The third-order valence-electron chi connectivity index (χ3n) is 3.88. The van der Waals surface area contributed by atoms with Gasteiger partial charge in [0, 0.05) is 4.47 Å². The lowest BCUT2D eigenvalue weighted by atomic mass is 10.0. The first kappa shape index (κ1) is 16.9. The highest BCUT2D eigenvalue weighted by molar-refractivity contribution is 9.10. The number of anilines is 1. The Balaban J connectivity index is 1.86. The predicted molar refractivity (Wildman–Crippen MR) is 106 cm³/mol. The van der Waals surface area contributed by atoms with Crippen LogP contribution < -0.4 is 10.2 Å². The Kier molecular flexibility index (Phi) is 4.83. The molecule has 24 heavy (non-hydrogen) atoms. The second kappa shape index (κ2) is 6.87. The Labute approximate surface area is 155 Å². The van der Waals surface area contributed by atoms with Crippen LogP contribution in [0.3, 0.4) is 0 Å². The maximum absolute atomic E-state index is 12.7. The molecule has 1 N–H and O–H groups in total. The Bertz CT molecular complexity index is 810. The standard InChI is InChI=1S/C19H17BrN2OS/c1-12(2)14-5-3-13(4-6-14)11-17-18(23)22(19(24)21-17)16-9-7-15(20)8-10-16/h3-12H,1-2H3,(H,21,24)/b17-11-. The second-order valence-electron chi connectivity index (χ2n) is 5.93. The molecule has 0 aliphatic carbocycles. The van der Waals surface area contributed by atoms with E-state index in [1.54, 1.807) is 0 Å². The number of halogens is 1. The van der Waals surface area contributed by atoms with Crippen LogP contribution in [-0.2, 0) is 4.79 Å². The summed E-state index contributed by atoms with van der Waals surface area (Å²) in [7, 11) is 0. The van der Waals surface area contributed by atoms with Crippen molar-refractivity contribution in [2.24, 2.45) is 0 Å². The van der Waals surface area contributed by atoms with Crippen LogP contribution in [0.15, 0.2) is 58.7 Å². The highest BCUT2D eigenvalue weighted by atomic mass is 79.9. The van der Waals surface area contributed by atoms with Crippen LogP contribution in [0.5, 0.6) is 0 Å². The minimum Gasteiger partial charge on any atom is -0.327 e. The van der Waals surface area contributed by atoms with Gasteiger partial charge in [-0.2, -0.15) is 0 Å². The molecule has 0 saturated carbocycles. The van der Waals surface area contributed by atoms with Crippen molar-refractivity contribution in [3.8, 4) is 0 Å². The van der Waals surface area contributed by atoms with Crippen molar-refractivity contribution in [3.63, 3.8) is 0 Å². The lowest BCUT2D eigenvalue weighted by molar-refractivity contribution is -0.113. The number of benzene rings is 2. The third kappa shape index (κ3) is 3.42. The molecule has 3 nitrogen and oxygen atoms in total. The SMILES string of the molecule is CC(C)c1ccc(/C=C2\NC(=S)N(c3ccc(Br)cc3)C2=O)cc1. The Morgan fingerprint density at radius 3 is 2.29 bits per heavy atom. The van der Waals surface area contributed by atoms with Gasteiger partial charge in [0.25, 0.3) is 5.91 Å². The van der Waals surface area contributed by atoms with Gasteiger partial charge in [-0.15, -0.1) is 0 Å². The number of carbonyl (C=O) groups excluding carboxylic acids is 1. The quantitative estimate of drug-likeness (QED) is 0.591. The molecule has 0 unspecified atom stereocenters. The number of amides is 1. The van der Waals surface area contributed by atoms with E-state index in [2.05, 4.69) is 47.2 Å². The molecule has 0 radical (unpaired) electrons. The first-order chi connectivity index (χ1) is 11.5. The van der Waals surface area contributed by atoms with Crippen LogP contribution in [0.4, 0.5) is 5.69 Å². The summed E-state index contributed by atoms with van der Waals surface area (Å²) in [6, 6.07) is 15.7. The summed E-state index contributed by atoms with van der Waals surface area (Å²) in [5.41, 5.74) is 3.48. The van der Waals surface area contributed by atoms with Crippen molar-refractivity contribution in [2.75, 3.05) is 4.90 Å². The maximum Gasteiger partial charge on any atom is 0.281 e. The van der Waals surface area contributed by atoms with Gasteiger partial charge in [0.2, 0.25) is 0 Å². The number of carbonyl (C=O) groups is 1. The molecule has 5 heteroatoms. The topological polar surface area (TPSA) is 32.3 Å². The van der Waals surface area contributed by atoms with Crippen molar-refractivity contribution < 1.29 is 4.79 Å². The Hall–Kier alpha value is -1.98. The van der Waals surface area contributed by atoms with Crippen LogP contribution in [0.1, 0.15) is 30.9 Å². The molecule has 0 atom stereocenters. The summed E-state index contributed by atoms with van der Waals surface area (Å²) in [5.74, 6) is 0.341. The molecule has 0 aromatic heterocycles. The summed E-state index contributed by atoms with van der Waals surface area (Å²) in [6.07, 6.45) is 1.83. The highest BCUT2D eigenvalue weighted by Crippen LogP contribution is 2.24. The minimum atomic E-state index is -0.143. The van der Waals surface area contributed by atoms with Crippen LogP contribution >= 0.6 is 28.1 Å². The van der Waals surface area contributed by atoms with Gasteiger partial charge in [-0.3, -0.25) is 9.69 Å². The minimum absolute atomic E-state index is 0.143. The van der Waals surface area contributed by atoms with Crippen molar-refractivity contribution in [2.45, 2.75) is 19.8 Å². The van der Waals surface area contributed by atoms with E-state index in [0.717, 1.165) is 15.7 Å². The molecule has 1 amide bonds. The Morgan fingerprint density at radius 1 is 1.08 bits per heavy atom. The van der Waals surface area contributed by atoms with Gasteiger partial charge in [-0.25, -0.2) is 0 Å². The van der Waals surface area contributed by atoms with E-state index >= 15 is 0 Å². The van der Waals surface area contributed by atoms with E-state index in [9.17, 15) is 4.79 Å². The van der Waals surface area contributed by atoms with Gasteiger partial charge in [0.15, 0.2) is 5.11 Å². The van der Waals surface area contributed by atoms with Gasteiger partial charge >= 0.3 is 0 Å². The normalized spacial score (nSPS) is 16.2. The number of thiocarbonyl (C=S) groups is 1. The van der Waals surface area contributed by atoms with E-state index in [1.807, 2.05) is 42.5 Å².